The molecule has 6 heteroatoms. The third-order valence-corrected chi connectivity index (χ3v) is 4.38. The number of esters is 1. The molecule has 22 heavy (non-hydrogen) atoms. The van der Waals surface area contributed by atoms with E-state index in [2.05, 4.69) is 15.9 Å². The van der Waals surface area contributed by atoms with E-state index in [1.54, 1.807) is 24.3 Å². The van der Waals surface area contributed by atoms with Crippen LogP contribution in [0.1, 0.15) is 32.1 Å². The first-order valence-corrected chi connectivity index (χ1v) is 7.76. The zero-order chi connectivity index (χ0) is 16.4. The van der Waals surface area contributed by atoms with Gasteiger partial charge in [-0.1, -0.05) is 27.5 Å². The highest BCUT2D eigenvalue weighted by Crippen LogP contribution is 2.22. The van der Waals surface area contributed by atoms with E-state index < -0.39 is 5.97 Å². The number of Topliss-reactive ketones (excluding diaryl/α,β-unsaturated/α-hetero) is 1. The molecule has 0 saturated carbocycles. The number of aromatic nitrogens is 1. The van der Waals surface area contributed by atoms with Crippen LogP contribution < -0.4 is 0 Å². The quantitative estimate of drug-likeness (QED) is 0.589. The third-order valence-electron chi connectivity index (χ3n) is 3.56. The highest BCUT2D eigenvalue weighted by atomic mass is 79.9. The molecule has 116 valence electrons. The number of carbonyl (C=O) groups excluding carboxylic acids is 2. The van der Waals surface area contributed by atoms with Gasteiger partial charge in [-0.2, -0.15) is 0 Å². The van der Waals surface area contributed by atoms with Crippen LogP contribution in [0.5, 0.6) is 0 Å². The van der Waals surface area contributed by atoms with Crippen molar-refractivity contribution < 1.29 is 14.3 Å². The molecular formula is C16H15BrClNO3. The Bertz CT molecular complexity index is 752. The number of rotatable bonds is 4. The van der Waals surface area contributed by atoms with Gasteiger partial charge in [0.1, 0.15) is 0 Å². The minimum Gasteiger partial charge on any atom is -0.454 e. The second kappa shape index (κ2) is 6.67. The zero-order valence-corrected chi connectivity index (χ0v) is 14.8. The normalized spacial score (nSPS) is 10.6. The smallest absolute Gasteiger partial charge is 0.340 e. The molecule has 0 atom stereocenters. The number of benzene rings is 1. The minimum atomic E-state index is -0.620. The fraction of sp³-hybridized carbons (Fsp3) is 0.250. The van der Waals surface area contributed by atoms with Gasteiger partial charge >= 0.3 is 5.97 Å². The number of nitrogens with zero attached hydrogens (tertiary/aromatic N) is 1. The summed E-state index contributed by atoms with van der Waals surface area (Å²) in [5, 5.41) is 0.285. The fourth-order valence-electron chi connectivity index (χ4n) is 2.08. The molecule has 1 aromatic carbocycles. The van der Waals surface area contributed by atoms with Gasteiger partial charge in [0.05, 0.1) is 10.6 Å². The summed E-state index contributed by atoms with van der Waals surface area (Å²) in [6, 6.07) is 6.67. The maximum Gasteiger partial charge on any atom is 0.340 e. The maximum atomic E-state index is 12.2. The van der Waals surface area contributed by atoms with Crippen molar-refractivity contribution in [2.24, 2.45) is 7.05 Å². The lowest BCUT2D eigenvalue weighted by molar-refractivity contribution is 0.0474. The van der Waals surface area contributed by atoms with E-state index in [-0.39, 0.29) is 23.0 Å². The Morgan fingerprint density at radius 3 is 2.50 bits per heavy atom. The highest BCUT2D eigenvalue weighted by molar-refractivity contribution is 9.10. The van der Waals surface area contributed by atoms with Crippen LogP contribution in [0.3, 0.4) is 0 Å². The van der Waals surface area contributed by atoms with Crippen LogP contribution in [0, 0.1) is 13.8 Å². The number of hydrogen-bond donors (Lipinski definition) is 0. The molecule has 0 amide bonds. The molecule has 0 fully saturated rings. The molecule has 0 bridgehead atoms. The average molecular weight is 385 g/mol. The van der Waals surface area contributed by atoms with E-state index in [0.717, 1.165) is 11.4 Å². The van der Waals surface area contributed by atoms with Crippen molar-refractivity contribution in [1.82, 2.24) is 4.57 Å². The highest BCUT2D eigenvalue weighted by Gasteiger charge is 2.18. The van der Waals surface area contributed by atoms with Crippen molar-refractivity contribution in [3.8, 4) is 0 Å². The second-order valence-electron chi connectivity index (χ2n) is 4.97. The van der Waals surface area contributed by atoms with Gasteiger partial charge in [0.25, 0.3) is 0 Å². The third kappa shape index (κ3) is 3.42. The molecule has 0 unspecified atom stereocenters. The summed E-state index contributed by atoms with van der Waals surface area (Å²) in [7, 11) is 1.88. The monoisotopic (exact) mass is 383 g/mol. The molecule has 0 aliphatic rings. The molecule has 1 aromatic heterocycles. The van der Waals surface area contributed by atoms with Gasteiger partial charge in [0, 0.05) is 28.5 Å². The number of ether oxygens (including phenoxy) is 1. The van der Waals surface area contributed by atoms with Crippen molar-refractivity contribution in [3.05, 3.63) is 56.3 Å². The fourth-order valence-corrected chi connectivity index (χ4v) is 2.63. The number of aryl methyl sites for hydroxylation is 1. The van der Waals surface area contributed by atoms with Crippen LogP contribution in [-0.2, 0) is 11.8 Å². The Kier molecular flexibility index (Phi) is 5.08. The SMILES string of the molecule is Cc1cc(C(=O)COC(=O)c2cc(Br)ccc2Cl)c(C)n1C. The van der Waals surface area contributed by atoms with Crippen molar-refractivity contribution in [3.63, 3.8) is 0 Å². The van der Waals surface area contributed by atoms with Crippen LogP contribution >= 0.6 is 27.5 Å². The Hall–Kier alpha value is -1.59. The molecule has 0 N–H and O–H groups in total. The molecule has 0 radical (unpaired) electrons. The summed E-state index contributed by atoms with van der Waals surface area (Å²) in [6.07, 6.45) is 0. The predicted molar refractivity (Wildman–Crippen MR) is 88.7 cm³/mol. The summed E-state index contributed by atoms with van der Waals surface area (Å²) in [6.45, 7) is 3.45. The van der Waals surface area contributed by atoms with E-state index in [1.165, 1.54) is 0 Å². The Morgan fingerprint density at radius 2 is 1.91 bits per heavy atom. The van der Waals surface area contributed by atoms with Gasteiger partial charge < -0.3 is 9.30 Å². The summed E-state index contributed by atoms with van der Waals surface area (Å²) in [5.74, 6) is -0.856. The van der Waals surface area contributed by atoms with Crippen molar-refractivity contribution in [1.29, 1.82) is 0 Å². The van der Waals surface area contributed by atoms with E-state index in [0.29, 0.717) is 10.0 Å². The molecular weight excluding hydrogens is 370 g/mol. The first kappa shape index (κ1) is 16.8. The van der Waals surface area contributed by atoms with E-state index in [1.807, 2.05) is 25.5 Å². The summed E-state index contributed by atoms with van der Waals surface area (Å²) >= 11 is 9.23. The van der Waals surface area contributed by atoms with Crippen molar-refractivity contribution >= 4 is 39.3 Å². The van der Waals surface area contributed by atoms with Crippen molar-refractivity contribution in [2.75, 3.05) is 6.61 Å². The van der Waals surface area contributed by atoms with Gasteiger partial charge in [-0.3, -0.25) is 4.79 Å². The van der Waals surface area contributed by atoms with Gasteiger partial charge in [-0.15, -0.1) is 0 Å². The molecule has 0 aliphatic carbocycles. The molecule has 2 rings (SSSR count). The first-order chi connectivity index (χ1) is 10.3. The lowest BCUT2D eigenvalue weighted by atomic mass is 10.1. The Labute approximate surface area is 142 Å². The molecule has 0 saturated heterocycles. The topological polar surface area (TPSA) is 48.3 Å². The Balaban J connectivity index is 2.09. The maximum absolute atomic E-state index is 12.2. The number of hydrogen-bond acceptors (Lipinski definition) is 3. The predicted octanol–water partition coefficient (Wildman–Crippen LogP) is 4.10. The van der Waals surface area contributed by atoms with Gasteiger partial charge in [0.2, 0.25) is 5.78 Å². The minimum absolute atomic E-state index is 0.227. The lowest BCUT2D eigenvalue weighted by Gasteiger charge is -2.06. The molecule has 0 spiro atoms. The summed E-state index contributed by atoms with van der Waals surface area (Å²) in [5.41, 5.74) is 2.61. The second-order valence-corrected chi connectivity index (χ2v) is 6.29. The van der Waals surface area contributed by atoms with Crippen LogP contribution in [0.25, 0.3) is 0 Å². The van der Waals surface area contributed by atoms with E-state index in [9.17, 15) is 9.59 Å². The van der Waals surface area contributed by atoms with Crippen LogP contribution in [-0.4, -0.2) is 22.9 Å². The first-order valence-electron chi connectivity index (χ1n) is 6.59. The molecule has 1 heterocycles. The lowest BCUT2D eigenvalue weighted by Crippen LogP contribution is -2.15. The standard InChI is InChI=1S/C16H15BrClNO3/c1-9-6-12(10(2)19(9)3)15(20)8-22-16(21)13-7-11(17)4-5-14(13)18/h4-7H,8H2,1-3H3. The van der Waals surface area contributed by atoms with E-state index in [4.69, 9.17) is 16.3 Å². The Morgan fingerprint density at radius 1 is 1.23 bits per heavy atom. The number of halogens is 2. The van der Waals surface area contributed by atoms with Crippen LogP contribution in [0.4, 0.5) is 0 Å². The largest absolute Gasteiger partial charge is 0.454 e. The summed E-state index contributed by atoms with van der Waals surface area (Å²) < 4.78 is 7.71. The van der Waals surface area contributed by atoms with Gasteiger partial charge in [-0.05, 0) is 38.1 Å². The molecule has 2 aromatic rings. The van der Waals surface area contributed by atoms with Gasteiger partial charge in [0.15, 0.2) is 6.61 Å². The van der Waals surface area contributed by atoms with Crippen LogP contribution in [0.2, 0.25) is 5.02 Å². The molecule has 4 nitrogen and oxygen atoms in total. The van der Waals surface area contributed by atoms with Crippen LogP contribution in [0.15, 0.2) is 28.7 Å². The number of carbonyl (C=O) groups is 2. The summed E-state index contributed by atoms with van der Waals surface area (Å²) in [4.78, 5) is 24.2. The number of ketones is 1. The van der Waals surface area contributed by atoms with Crippen molar-refractivity contribution in [2.45, 2.75) is 13.8 Å². The van der Waals surface area contributed by atoms with E-state index >= 15 is 0 Å². The average Bonchev–Trinajstić information content (AvgIpc) is 2.74. The van der Waals surface area contributed by atoms with Gasteiger partial charge in [-0.25, -0.2) is 4.79 Å². The molecule has 0 aliphatic heterocycles. The zero-order valence-electron chi connectivity index (χ0n) is 12.4.